The Labute approximate surface area is 103 Å². The number of hydrogen-bond donors (Lipinski definition) is 1. The highest BCUT2D eigenvalue weighted by Gasteiger charge is 2.38. The molecule has 16 heavy (non-hydrogen) atoms. The number of benzene rings is 1. The van der Waals surface area contributed by atoms with Crippen LogP contribution in [0.1, 0.15) is 30.1 Å². The Hall–Kier alpha value is -1.03. The van der Waals surface area contributed by atoms with Crippen LogP contribution in [-0.2, 0) is 0 Å². The molecular weight excluding hydrogens is 270 g/mol. The largest absolute Gasteiger partial charge is 0.497 e. The fourth-order valence-electron chi connectivity index (χ4n) is 1.47. The van der Waals surface area contributed by atoms with Gasteiger partial charge in [0, 0.05) is 15.6 Å². The molecule has 0 bridgehead atoms. The fraction of sp³-hybridized carbons (Fsp3) is 0.417. The van der Waals surface area contributed by atoms with Crippen molar-refractivity contribution in [2.45, 2.75) is 25.3 Å². The van der Waals surface area contributed by atoms with Crippen LogP contribution in [0.4, 0.5) is 0 Å². The third kappa shape index (κ3) is 2.55. The molecule has 1 N–H and O–H groups in total. The van der Waals surface area contributed by atoms with Gasteiger partial charge in [0.25, 0.3) is 5.91 Å². The normalized spacial score (nSPS) is 16.7. The zero-order valence-electron chi connectivity index (χ0n) is 9.34. The third-order valence-corrected chi connectivity index (χ3v) is 3.24. The van der Waals surface area contributed by atoms with E-state index < -0.39 is 0 Å². The molecule has 0 aliphatic heterocycles. The van der Waals surface area contributed by atoms with E-state index in [-0.39, 0.29) is 11.4 Å². The average molecular weight is 284 g/mol. The summed E-state index contributed by atoms with van der Waals surface area (Å²) < 4.78 is 5.97. The first-order chi connectivity index (χ1) is 7.52. The highest BCUT2D eigenvalue weighted by molar-refractivity contribution is 9.10. The molecule has 1 aromatic carbocycles. The van der Waals surface area contributed by atoms with Crippen molar-refractivity contribution in [2.24, 2.45) is 0 Å². The topological polar surface area (TPSA) is 38.3 Å². The van der Waals surface area contributed by atoms with Crippen LogP contribution < -0.4 is 10.1 Å². The van der Waals surface area contributed by atoms with Crippen molar-refractivity contribution >= 4 is 21.8 Å². The maximum atomic E-state index is 11.9. The van der Waals surface area contributed by atoms with Gasteiger partial charge in [-0.3, -0.25) is 4.79 Å². The lowest BCUT2D eigenvalue weighted by Crippen LogP contribution is -2.34. The number of rotatable bonds is 3. The highest BCUT2D eigenvalue weighted by Crippen LogP contribution is 2.34. The molecule has 0 unspecified atom stereocenters. The summed E-state index contributed by atoms with van der Waals surface area (Å²) in [6, 6.07) is 5.37. The highest BCUT2D eigenvalue weighted by atomic mass is 79.9. The van der Waals surface area contributed by atoms with Crippen LogP contribution >= 0.6 is 15.9 Å². The van der Waals surface area contributed by atoms with E-state index in [1.165, 1.54) is 0 Å². The molecule has 0 spiro atoms. The number of hydrogen-bond acceptors (Lipinski definition) is 2. The summed E-state index contributed by atoms with van der Waals surface area (Å²) >= 11 is 3.36. The van der Waals surface area contributed by atoms with Gasteiger partial charge in [0.05, 0.1) is 7.11 Å². The molecule has 4 heteroatoms. The summed E-state index contributed by atoms with van der Waals surface area (Å²) in [5.74, 6) is 0.639. The quantitative estimate of drug-likeness (QED) is 0.926. The molecule has 0 saturated heterocycles. The van der Waals surface area contributed by atoms with Gasteiger partial charge in [0.1, 0.15) is 5.75 Å². The zero-order valence-corrected chi connectivity index (χ0v) is 10.9. The van der Waals surface area contributed by atoms with Crippen LogP contribution in [0.25, 0.3) is 0 Å². The van der Waals surface area contributed by atoms with Gasteiger partial charge < -0.3 is 10.1 Å². The Balaban J connectivity index is 2.18. The van der Waals surface area contributed by atoms with E-state index in [0.717, 1.165) is 17.3 Å². The van der Waals surface area contributed by atoms with Crippen molar-refractivity contribution < 1.29 is 9.53 Å². The first kappa shape index (κ1) is 11.5. The van der Waals surface area contributed by atoms with Gasteiger partial charge in [-0.1, -0.05) is 15.9 Å². The number of halogens is 1. The number of ether oxygens (including phenoxy) is 1. The van der Waals surface area contributed by atoms with Crippen molar-refractivity contribution in [3.63, 3.8) is 0 Å². The minimum Gasteiger partial charge on any atom is -0.497 e. The molecule has 2 rings (SSSR count). The summed E-state index contributed by atoms with van der Waals surface area (Å²) in [6.07, 6.45) is 2.12. The Morgan fingerprint density at radius 3 is 2.69 bits per heavy atom. The smallest absolute Gasteiger partial charge is 0.251 e. The maximum Gasteiger partial charge on any atom is 0.251 e. The van der Waals surface area contributed by atoms with Crippen LogP contribution in [0, 0.1) is 0 Å². The van der Waals surface area contributed by atoms with Crippen molar-refractivity contribution in [2.75, 3.05) is 7.11 Å². The zero-order chi connectivity index (χ0) is 11.8. The standard InChI is InChI=1S/C12H14BrNO2/c1-12(3-4-12)14-11(15)8-5-9(13)7-10(6-8)16-2/h5-7H,3-4H2,1-2H3,(H,14,15). The van der Waals surface area contributed by atoms with E-state index in [2.05, 4.69) is 28.2 Å². The SMILES string of the molecule is COc1cc(Br)cc(C(=O)NC2(C)CC2)c1. The van der Waals surface area contributed by atoms with Crippen molar-refractivity contribution in [1.29, 1.82) is 0 Å². The van der Waals surface area contributed by atoms with Crippen LogP contribution in [-0.4, -0.2) is 18.6 Å². The summed E-state index contributed by atoms with van der Waals surface area (Å²) in [4.78, 5) is 11.9. The first-order valence-corrected chi connectivity index (χ1v) is 5.99. The predicted molar refractivity (Wildman–Crippen MR) is 65.8 cm³/mol. The van der Waals surface area contributed by atoms with E-state index in [9.17, 15) is 4.79 Å². The second-order valence-electron chi connectivity index (χ2n) is 4.39. The van der Waals surface area contributed by atoms with E-state index >= 15 is 0 Å². The second kappa shape index (κ2) is 4.09. The molecule has 1 amide bonds. The summed E-state index contributed by atoms with van der Waals surface area (Å²) in [5, 5.41) is 3.01. The Kier molecular flexibility index (Phi) is 2.93. The van der Waals surface area contributed by atoms with Gasteiger partial charge in [-0.15, -0.1) is 0 Å². The third-order valence-electron chi connectivity index (χ3n) is 2.78. The Morgan fingerprint density at radius 2 is 2.12 bits per heavy atom. The van der Waals surface area contributed by atoms with E-state index in [1.54, 1.807) is 19.2 Å². The summed E-state index contributed by atoms with van der Waals surface area (Å²) in [5.41, 5.74) is 0.631. The molecule has 0 atom stereocenters. The Morgan fingerprint density at radius 1 is 1.44 bits per heavy atom. The summed E-state index contributed by atoms with van der Waals surface area (Å²) in [7, 11) is 1.59. The molecule has 1 aliphatic carbocycles. The fourth-order valence-corrected chi connectivity index (χ4v) is 1.94. The molecule has 3 nitrogen and oxygen atoms in total. The second-order valence-corrected chi connectivity index (χ2v) is 5.31. The van der Waals surface area contributed by atoms with Crippen LogP contribution in [0.15, 0.2) is 22.7 Å². The first-order valence-electron chi connectivity index (χ1n) is 5.19. The number of nitrogens with one attached hydrogen (secondary N) is 1. The monoisotopic (exact) mass is 283 g/mol. The maximum absolute atomic E-state index is 11.9. The lowest BCUT2D eigenvalue weighted by Gasteiger charge is -2.12. The summed E-state index contributed by atoms with van der Waals surface area (Å²) in [6.45, 7) is 2.06. The number of carbonyl (C=O) groups excluding carboxylic acids is 1. The van der Waals surface area contributed by atoms with Gasteiger partial charge >= 0.3 is 0 Å². The van der Waals surface area contributed by atoms with Crippen LogP contribution in [0.2, 0.25) is 0 Å². The van der Waals surface area contributed by atoms with Gasteiger partial charge in [-0.25, -0.2) is 0 Å². The molecule has 1 fully saturated rings. The average Bonchev–Trinajstić information content (AvgIpc) is 2.95. The van der Waals surface area contributed by atoms with Crippen molar-refractivity contribution in [3.8, 4) is 5.75 Å². The van der Waals surface area contributed by atoms with E-state index in [0.29, 0.717) is 11.3 Å². The minimum absolute atomic E-state index is 0.00658. The molecule has 0 heterocycles. The van der Waals surface area contributed by atoms with Crippen molar-refractivity contribution in [3.05, 3.63) is 28.2 Å². The predicted octanol–water partition coefficient (Wildman–Crippen LogP) is 2.74. The number of methoxy groups -OCH3 is 1. The van der Waals surface area contributed by atoms with E-state index in [1.807, 2.05) is 6.07 Å². The van der Waals surface area contributed by atoms with Gasteiger partial charge in [-0.05, 0) is 38.0 Å². The number of amides is 1. The lowest BCUT2D eigenvalue weighted by atomic mass is 10.2. The molecule has 0 aromatic heterocycles. The van der Waals surface area contributed by atoms with Crippen LogP contribution in [0.3, 0.4) is 0 Å². The van der Waals surface area contributed by atoms with Crippen LogP contribution in [0.5, 0.6) is 5.75 Å². The minimum atomic E-state index is -0.0420. The van der Waals surface area contributed by atoms with E-state index in [4.69, 9.17) is 4.74 Å². The Bertz CT molecular complexity index is 427. The van der Waals surface area contributed by atoms with Gasteiger partial charge in [0.2, 0.25) is 0 Å². The molecule has 1 aromatic rings. The molecule has 0 radical (unpaired) electrons. The lowest BCUT2D eigenvalue weighted by molar-refractivity contribution is 0.0935. The van der Waals surface area contributed by atoms with Gasteiger partial charge in [-0.2, -0.15) is 0 Å². The molecule has 1 saturated carbocycles. The molecule has 1 aliphatic rings. The number of carbonyl (C=O) groups is 1. The van der Waals surface area contributed by atoms with Gasteiger partial charge in [0.15, 0.2) is 0 Å². The van der Waals surface area contributed by atoms with Crippen molar-refractivity contribution in [1.82, 2.24) is 5.32 Å². The molecule has 86 valence electrons. The molecular formula is C12H14BrNO2.